The summed E-state index contributed by atoms with van der Waals surface area (Å²) in [6.45, 7) is 2.92. The van der Waals surface area contributed by atoms with Crippen molar-refractivity contribution >= 4 is 34.1 Å². The first kappa shape index (κ1) is 11.7. The number of imidazole rings is 1. The van der Waals surface area contributed by atoms with Crippen LogP contribution in [0.2, 0.25) is 0 Å². The molecular weight excluding hydrogens is 236 g/mol. The standard InChI is InChI=1S/C11H14N4OS/c1-2-5-12-11(17)13-7-3-4-8-9(6-7)15-10(16)14-8/h3-4,6H,2,5H2,1H3,(H2,12,13,17)(H2,14,15,16). The van der Waals surface area contributed by atoms with Crippen LogP contribution in [-0.2, 0) is 0 Å². The van der Waals surface area contributed by atoms with E-state index in [0.29, 0.717) is 5.11 Å². The number of H-pyrrole nitrogens is 2. The molecule has 1 heterocycles. The van der Waals surface area contributed by atoms with E-state index in [1.54, 1.807) is 0 Å². The van der Waals surface area contributed by atoms with Gasteiger partial charge in [-0.15, -0.1) is 0 Å². The molecule has 0 amide bonds. The molecule has 1 aromatic carbocycles. The summed E-state index contributed by atoms with van der Waals surface area (Å²) in [5.41, 5.74) is 2.19. The fraction of sp³-hybridized carbons (Fsp3) is 0.273. The van der Waals surface area contributed by atoms with E-state index in [2.05, 4.69) is 27.5 Å². The Morgan fingerprint density at radius 2 is 2.12 bits per heavy atom. The van der Waals surface area contributed by atoms with Gasteiger partial charge in [-0.05, 0) is 36.8 Å². The smallest absolute Gasteiger partial charge is 0.323 e. The zero-order valence-electron chi connectivity index (χ0n) is 9.46. The fourth-order valence-electron chi connectivity index (χ4n) is 1.52. The first-order valence-electron chi connectivity index (χ1n) is 5.46. The Balaban J connectivity index is 2.13. The number of hydrogen-bond acceptors (Lipinski definition) is 2. The summed E-state index contributed by atoms with van der Waals surface area (Å²) in [5, 5.41) is 6.72. The number of aromatic amines is 2. The molecule has 0 aliphatic heterocycles. The van der Waals surface area contributed by atoms with Gasteiger partial charge in [0.2, 0.25) is 0 Å². The van der Waals surface area contributed by atoms with Crippen molar-refractivity contribution < 1.29 is 0 Å². The number of rotatable bonds is 3. The van der Waals surface area contributed by atoms with Crippen molar-refractivity contribution in [3.05, 3.63) is 28.7 Å². The van der Waals surface area contributed by atoms with Gasteiger partial charge in [-0.2, -0.15) is 0 Å². The lowest BCUT2D eigenvalue weighted by atomic mass is 10.3. The van der Waals surface area contributed by atoms with E-state index in [9.17, 15) is 4.79 Å². The third-order valence-electron chi connectivity index (χ3n) is 2.31. The maximum atomic E-state index is 11.1. The Hall–Kier alpha value is -1.82. The molecule has 5 nitrogen and oxygen atoms in total. The monoisotopic (exact) mass is 250 g/mol. The molecule has 0 aliphatic rings. The van der Waals surface area contributed by atoms with E-state index in [4.69, 9.17) is 12.2 Å². The average molecular weight is 250 g/mol. The van der Waals surface area contributed by atoms with E-state index in [1.165, 1.54) is 0 Å². The molecule has 17 heavy (non-hydrogen) atoms. The molecule has 0 atom stereocenters. The van der Waals surface area contributed by atoms with E-state index in [-0.39, 0.29) is 5.69 Å². The van der Waals surface area contributed by atoms with E-state index in [1.807, 2.05) is 18.2 Å². The predicted molar refractivity (Wildman–Crippen MR) is 73.4 cm³/mol. The Morgan fingerprint density at radius 3 is 2.88 bits per heavy atom. The summed E-state index contributed by atoms with van der Waals surface area (Å²) < 4.78 is 0. The molecule has 6 heteroatoms. The quantitative estimate of drug-likeness (QED) is 0.624. The lowest BCUT2D eigenvalue weighted by Gasteiger charge is -2.09. The summed E-state index contributed by atoms with van der Waals surface area (Å²) in [6, 6.07) is 5.54. The van der Waals surface area contributed by atoms with Gasteiger partial charge in [-0.25, -0.2) is 4.79 Å². The Labute approximate surface area is 104 Å². The summed E-state index contributed by atoms with van der Waals surface area (Å²) in [5.74, 6) is 0. The summed E-state index contributed by atoms with van der Waals surface area (Å²) in [4.78, 5) is 16.5. The molecule has 0 spiro atoms. The van der Waals surface area contributed by atoms with Crippen LogP contribution in [0.15, 0.2) is 23.0 Å². The van der Waals surface area contributed by atoms with Crippen molar-refractivity contribution in [2.24, 2.45) is 0 Å². The minimum absolute atomic E-state index is 0.205. The maximum absolute atomic E-state index is 11.1. The predicted octanol–water partition coefficient (Wildman–Crippen LogP) is 1.55. The first-order chi connectivity index (χ1) is 8.19. The molecule has 2 aromatic rings. The zero-order chi connectivity index (χ0) is 12.3. The highest BCUT2D eigenvalue weighted by Crippen LogP contribution is 2.14. The van der Waals surface area contributed by atoms with Crippen LogP contribution in [0, 0.1) is 0 Å². The van der Waals surface area contributed by atoms with Gasteiger partial charge in [-0.1, -0.05) is 6.92 Å². The van der Waals surface area contributed by atoms with Gasteiger partial charge < -0.3 is 20.6 Å². The second-order valence-electron chi connectivity index (χ2n) is 3.72. The Morgan fingerprint density at radius 1 is 1.35 bits per heavy atom. The van der Waals surface area contributed by atoms with Crippen molar-refractivity contribution in [2.45, 2.75) is 13.3 Å². The fourth-order valence-corrected chi connectivity index (χ4v) is 1.74. The lowest BCUT2D eigenvalue weighted by Crippen LogP contribution is -2.28. The largest absolute Gasteiger partial charge is 0.362 e. The number of thiocarbonyl (C=S) groups is 1. The second kappa shape index (κ2) is 5.01. The van der Waals surface area contributed by atoms with Gasteiger partial charge in [0, 0.05) is 12.2 Å². The van der Waals surface area contributed by atoms with Crippen molar-refractivity contribution in [3.63, 3.8) is 0 Å². The highest BCUT2D eigenvalue weighted by molar-refractivity contribution is 7.80. The van der Waals surface area contributed by atoms with Crippen LogP contribution in [-0.4, -0.2) is 21.6 Å². The summed E-state index contributed by atoms with van der Waals surface area (Å²) >= 11 is 5.13. The SMILES string of the molecule is CCCNC(=S)Nc1ccc2[nH]c(=O)[nH]c2c1. The van der Waals surface area contributed by atoms with Crippen LogP contribution in [0.4, 0.5) is 5.69 Å². The Kier molecular flexibility index (Phi) is 3.43. The van der Waals surface area contributed by atoms with Gasteiger partial charge in [0.1, 0.15) is 0 Å². The van der Waals surface area contributed by atoms with Gasteiger partial charge in [-0.3, -0.25) is 0 Å². The molecule has 0 bridgehead atoms. The lowest BCUT2D eigenvalue weighted by molar-refractivity contribution is 0.846. The molecule has 0 radical (unpaired) electrons. The molecule has 0 unspecified atom stereocenters. The van der Waals surface area contributed by atoms with Crippen molar-refractivity contribution in [1.82, 2.24) is 15.3 Å². The van der Waals surface area contributed by atoms with Crippen molar-refractivity contribution in [3.8, 4) is 0 Å². The Bertz CT molecular complexity index is 586. The van der Waals surface area contributed by atoms with Gasteiger partial charge >= 0.3 is 5.69 Å². The van der Waals surface area contributed by atoms with E-state index >= 15 is 0 Å². The molecular formula is C11H14N4OS. The number of benzene rings is 1. The molecule has 1 aromatic heterocycles. The highest BCUT2D eigenvalue weighted by atomic mass is 32.1. The zero-order valence-corrected chi connectivity index (χ0v) is 10.3. The van der Waals surface area contributed by atoms with Crippen LogP contribution in [0.1, 0.15) is 13.3 Å². The number of fused-ring (bicyclic) bond motifs is 1. The minimum atomic E-state index is -0.205. The first-order valence-corrected chi connectivity index (χ1v) is 5.87. The second-order valence-corrected chi connectivity index (χ2v) is 4.13. The molecule has 2 rings (SSSR count). The number of hydrogen-bond donors (Lipinski definition) is 4. The van der Waals surface area contributed by atoms with Crippen LogP contribution in [0.3, 0.4) is 0 Å². The number of anilines is 1. The molecule has 4 N–H and O–H groups in total. The van der Waals surface area contributed by atoms with Crippen molar-refractivity contribution in [1.29, 1.82) is 0 Å². The summed E-state index contributed by atoms with van der Waals surface area (Å²) in [6.07, 6.45) is 1.02. The molecule has 0 fully saturated rings. The summed E-state index contributed by atoms with van der Waals surface area (Å²) in [7, 11) is 0. The average Bonchev–Trinajstić information content (AvgIpc) is 2.65. The minimum Gasteiger partial charge on any atom is -0.362 e. The van der Waals surface area contributed by atoms with Crippen LogP contribution >= 0.6 is 12.2 Å². The van der Waals surface area contributed by atoms with Crippen LogP contribution in [0.25, 0.3) is 11.0 Å². The topological polar surface area (TPSA) is 72.7 Å². The molecule has 0 saturated carbocycles. The van der Waals surface area contributed by atoms with Crippen LogP contribution < -0.4 is 16.3 Å². The molecule has 0 aliphatic carbocycles. The molecule has 0 saturated heterocycles. The number of aromatic nitrogens is 2. The van der Waals surface area contributed by atoms with E-state index < -0.39 is 0 Å². The molecule has 90 valence electrons. The number of nitrogens with one attached hydrogen (secondary N) is 4. The van der Waals surface area contributed by atoms with Gasteiger partial charge in [0.05, 0.1) is 11.0 Å². The highest BCUT2D eigenvalue weighted by Gasteiger charge is 2.01. The van der Waals surface area contributed by atoms with Gasteiger partial charge in [0.15, 0.2) is 5.11 Å². The third kappa shape index (κ3) is 2.85. The normalized spacial score (nSPS) is 10.4. The van der Waals surface area contributed by atoms with Crippen LogP contribution in [0.5, 0.6) is 0 Å². The maximum Gasteiger partial charge on any atom is 0.323 e. The third-order valence-corrected chi connectivity index (χ3v) is 2.56. The van der Waals surface area contributed by atoms with Gasteiger partial charge in [0.25, 0.3) is 0 Å². The van der Waals surface area contributed by atoms with Crippen molar-refractivity contribution in [2.75, 3.05) is 11.9 Å². The van der Waals surface area contributed by atoms with E-state index in [0.717, 1.165) is 29.7 Å².